The number of H-pyrrole nitrogens is 1. The molecule has 1 aliphatic heterocycles. The van der Waals surface area contributed by atoms with E-state index in [1.165, 1.54) is 18.6 Å². The van der Waals surface area contributed by atoms with Crippen molar-refractivity contribution >= 4 is 11.0 Å². The van der Waals surface area contributed by atoms with Gasteiger partial charge in [0.1, 0.15) is 5.82 Å². The van der Waals surface area contributed by atoms with Crippen LogP contribution < -0.4 is 0 Å². The zero-order chi connectivity index (χ0) is 21.8. The summed E-state index contributed by atoms with van der Waals surface area (Å²) in [7, 11) is 2.12. The van der Waals surface area contributed by atoms with Crippen molar-refractivity contribution in [1.82, 2.24) is 19.8 Å². The van der Waals surface area contributed by atoms with E-state index < -0.39 is 11.7 Å². The molecular weight excluding hydrogens is 401 g/mol. The number of likely N-dealkylation sites (tertiary alicyclic amines) is 1. The maximum absolute atomic E-state index is 12.9. The van der Waals surface area contributed by atoms with Gasteiger partial charge in [-0.25, -0.2) is 4.98 Å². The highest BCUT2D eigenvalue weighted by molar-refractivity contribution is 5.74. The van der Waals surface area contributed by atoms with Crippen molar-refractivity contribution in [2.24, 2.45) is 5.92 Å². The number of fused-ring (bicyclic) bond motifs is 1. The summed E-state index contributed by atoms with van der Waals surface area (Å²) in [4.78, 5) is 12.7. The minimum atomic E-state index is -4.28. The second-order valence-electron chi connectivity index (χ2n) is 8.65. The third kappa shape index (κ3) is 5.86. The van der Waals surface area contributed by atoms with Crippen LogP contribution in [-0.4, -0.2) is 53.0 Å². The molecule has 0 radical (unpaired) electrons. The van der Waals surface area contributed by atoms with Crippen LogP contribution in [0.25, 0.3) is 11.0 Å². The van der Waals surface area contributed by atoms with Crippen LogP contribution in [0, 0.1) is 5.92 Å². The number of hydrogen-bond acceptors (Lipinski definition) is 3. The van der Waals surface area contributed by atoms with E-state index in [-0.39, 0.29) is 0 Å². The topological polar surface area (TPSA) is 35.2 Å². The third-order valence-corrected chi connectivity index (χ3v) is 6.00. The van der Waals surface area contributed by atoms with Crippen molar-refractivity contribution in [3.8, 4) is 0 Å². The van der Waals surface area contributed by atoms with Gasteiger partial charge in [0.05, 0.1) is 23.1 Å². The Labute approximate surface area is 181 Å². The minimum absolute atomic E-state index is 0.560. The number of imidazole rings is 1. The first kappa shape index (κ1) is 21.8. The zero-order valence-electron chi connectivity index (χ0n) is 17.8. The van der Waals surface area contributed by atoms with E-state index in [2.05, 4.69) is 26.8 Å². The standard InChI is InChI=1S/C24H29F3N4/c1-30(17-23-28-21-9-2-3-10-22(21)29-23)15-19-7-5-12-31(16-19)13-11-18-6-4-8-20(14-18)24(25,26)27/h2-4,6,8-10,14,19H,5,7,11-13,15-17H2,1H3,(H,28,29)/t19-/m0/s1. The van der Waals surface area contributed by atoms with Crippen molar-refractivity contribution in [3.63, 3.8) is 0 Å². The molecule has 0 amide bonds. The van der Waals surface area contributed by atoms with E-state index in [9.17, 15) is 13.2 Å². The molecule has 3 aromatic rings. The second-order valence-corrected chi connectivity index (χ2v) is 8.65. The first-order chi connectivity index (χ1) is 14.9. The van der Waals surface area contributed by atoms with E-state index in [0.717, 1.165) is 67.6 Å². The van der Waals surface area contributed by atoms with Crippen molar-refractivity contribution in [2.45, 2.75) is 32.0 Å². The average Bonchev–Trinajstić information content (AvgIpc) is 3.14. The number of aromatic amines is 1. The van der Waals surface area contributed by atoms with Crippen molar-refractivity contribution in [2.75, 3.05) is 33.2 Å². The Bertz CT molecular complexity index is 965. The number of halogens is 3. The van der Waals surface area contributed by atoms with E-state index in [1.54, 1.807) is 6.07 Å². The van der Waals surface area contributed by atoms with Gasteiger partial charge in [-0.2, -0.15) is 13.2 Å². The lowest BCUT2D eigenvalue weighted by Crippen LogP contribution is -2.40. The highest BCUT2D eigenvalue weighted by atomic mass is 19.4. The number of alkyl halides is 3. The molecular formula is C24H29F3N4. The molecule has 2 aromatic carbocycles. The fraction of sp³-hybridized carbons (Fsp3) is 0.458. The Morgan fingerprint density at radius 2 is 2.00 bits per heavy atom. The summed E-state index contributed by atoms with van der Waals surface area (Å²) in [6.07, 6.45) is -1.32. The fourth-order valence-corrected chi connectivity index (χ4v) is 4.54. The van der Waals surface area contributed by atoms with Crippen LogP contribution in [0.4, 0.5) is 13.2 Å². The Morgan fingerprint density at radius 1 is 1.16 bits per heavy atom. The van der Waals surface area contributed by atoms with Crippen molar-refractivity contribution in [1.29, 1.82) is 0 Å². The number of nitrogens with zero attached hydrogens (tertiary/aromatic N) is 3. The molecule has 0 unspecified atom stereocenters. The Kier molecular flexibility index (Phi) is 6.62. The van der Waals surface area contributed by atoms with Gasteiger partial charge in [0.25, 0.3) is 0 Å². The number of para-hydroxylation sites is 2. The molecule has 1 fully saturated rings. The average molecular weight is 431 g/mol. The van der Waals surface area contributed by atoms with Crippen LogP contribution in [0.3, 0.4) is 0 Å². The first-order valence-corrected chi connectivity index (χ1v) is 10.9. The Morgan fingerprint density at radius 3 is 2.81 bits per heavy atom. The summed E-state index contributed by atoms with van der Waals surface area (Å²) >= 11 is 0. The quantitative estimate of drug-likeness (QED) is 0.575. The van der Waals surface area contributed by atoms with Gasteiger partial charge in [-0.1, -0.05) is 30.3 Å². The minimum Gasteiger partial charge on any atom is -0.341 e. The molecule has 0 saturated carbocycles. The van der Waals surface area contributed by atoms with Crippen LogP contribution in [0.5, 0.6) is 0 Å². The van der Waals surface area contributed by atoms with E-state index >= 15 is 0 Å². The summed E-state index contributed by atoms with van der Waals surface area (Å²) in [6.45, 7) is 4.56. The maximum atomic E-state index is 12.9. The van der Waals surface area contributed by atoms with Crippen LogP contribution in [0.1, 0.15) is 29.8 Å². The SMILES string of the molecule is CN(Cc1nc2ccccc2[nH]1)C[C@@H]1CCCN(CCc2cccc(C(F)(F)F)c2)C1. The van der Waals surface area contributed by atoms with Crippen LogP contribution in [-0.2, 0) is 19.1 Å². The first-order valence-electron chi connectivity index (χ1n) is 10.9. The van der Waals surface area contributed by atoms with E-state index in [0.29, 0.717) is 12.3 Å². The number of hydrogen-bond donors (Lipinski definition) is 1. The molecule has 31 heavy (non-hydrogen) atoms. The van der Waals surface area contributed by atoms with Crippen molar-refractivity contribution in [3.05, 3.63) is 65.5 Å². The lowest BCUT2D eigenvalue weighted by Gasteiger charge is -2.34. The van der Waals surface area contributed by atoms with Gasteiger partial charge in [0.15, 0.2) is 0 Å². The third-order valence-electron chi connectivity index (χ3n) is 6.00. The summed E-state index contributed by atoms with van der Waals surface area (Å²) in [5.74, 6) is 1.53. The maximum Gasteiger partial charge on any atom is 0.416 e. The van der Waals surface area contributed by atoms with Gasteiger partial charge in [-0.05, 0) is 62.5 Å². The molecule has 1 aliphatic rings. The second kappa shape index (κ2) is 9.40. The highest BCUT2D eigenvalue weighted by Crippen LogP contribution is 2.29. The highest BCUT2D eigenvalue weighted by Gasteiger charge is 2.30. The Balaban J connectivity index is 1.27. The molecule has 4 nitrogen and oxygen atoms in total. The van der Waals surface area contributed by atoms with Gasteiger partial charge in [0, 0.05) is 19.6 Å². The number of benzene rings is 2. The largest absolute Gasteiger partial charge is 0.416 e. The summed E-state index contributed by atoms with van der Waals surface area (Å²) in [5, 5.41) is 0. The smallest absolute Gasteiger partial charge is 0.341 e. The zero-order valence-corrected chi connectivity index (χ0v) is 17.8. The lowest BCUT2D eigenvalue weighted by atomic mass is 9.97. The van der Waals surface area contributed by atoms with Gasteiger partial charge in [0.2, 0.25) is 0 Å². The predicted octanol–water partition coefficient (Wildman–Crippen LogP) is 4.97. The molecule has 1 N–H and O–H groups in total. The van der Waals surface area contributed by atoms with Crippen LogP contribution >= 0.6 is 0 Å². The van der Waals surface area contributed by atoms with Crippen LogP contribution in [0.2, 0.25) is 0 Å². The van der Waals surface area contributed by atoms with Gasteiger partial charge < -0.3 is 9.88 Å². The van der Waals surface area contributed by atoms with Gasteiger partial charge in [-0.3, -0.25) is 4.90 Å². The molecule has 1 aromatic heterocycles. The molecule has 1 atom stereocenters. The van der Waals surface area contributed by atoms with Crippen molar-refractivity contribution < 1.29 is 13.2 Å². The normalized spacial score (nSPS) is 18.2. The fourth-order valence-electron chi connectivity index (χ4n) is 4.54. The van der Waals surface area contributed by atoms with E-state index in [1.807, 2.05) is 24.3 Å². The molecule has 0 aliphatic carbocycles. The van der Waals surface area contributed by atoms with Crippen LogP contribution in [0.15, 0.2) is 48.5 Å². The summed E-state index contributed by atoms with van der Waals surface area (Å²) in [5.41, 5.74) is 2.24. The molecule has 4 rings (SSSR count). The Hall–Kier alpha value is -2.38. The predicted molar refractivity (Wildman–Crippen MR) is 117 cm³/mol. The summed E-state index contributed by atoms with van der Waals surface area (Å²) in [6, 6.07) is 13.8. The molecule has 7 heteroatoms. The van der Waals surface area contributed by atoms with Gasteiger partial charge >= 0.3 is 6.18 Å². The molecule has 0 bridgehead atoms. The number of aromatic nitrogens is 2. The number of rotatable bonds is 7. The van der Waals surface area contributed by atoms with Gasteiger partial charge in [-0.15, -0.1) is 0 Å². The summed E-state index contributed by atoms with van der Waals surface area (Å²) < 4.78 is 38.8. The van der Waals surface area contributed by atoms with E-state index in [4.69, 9.17) is 0 Å². The molecule has 2 heterocycles. The molecule has 166 valence electrons. The lowest BCUT2D eigenvalue weighted by molar-refractivity contribution is -0.137. The monoisotopic (exact) mass is 430 g/mol. The number of piperidine rings is 1. The molecule has 1 saturated heterocycles. The number of nitrogens with one attached hydrogen (secondary N) is 1. The molecule has 0 spiro atoms.